The molecule has 1 heterocycles. The Kier molecular flexibility index (Phi) is 5.97. The van der Waals surface area contributed by atoms with Crippen LogP contribution in [-0.2, 0) is 9.59 Å². The lowest BCUT2D eigenvalue weighted by atomic mass is 9.92. The third kappa shape index (κ3) is 5.68. The number of hydrogen-bond acceptors (Lipinski definition) is 3. The van der Waals surface area contributed by atoms with Crippen molar-refractivity contribution in [2.24, 2.45) is 11.7 Å². The molecule has 5 heteroatoms. The van der Waals surface area contributed by atoms with Gasteiger partial charge in [0.2, 0.25) is 11.8 Å². The Morgan fingerprint density at radius 3 is 2.82 bits per heavy atom. The van der Waals surface area contributed by atoms with Crippen molar-refractivity contribution in [3.05, 3.63) is 0 Å². The molecule has 1 aliphatic heterocycles. The minimum absolute atomic E-state index is 0.141. The van der Waals surface area contributed by atoms with E-state index in [0.717, 1.165) is 32.2 Å². The highest BCUT2D eigenvalue weighted by Crippen LogP contribution is 2.15. The highest BCUT2D eigenvalue weighted by atomic mass is 16.2. The number of rotatable bonds is 6. The van der Waals surface area contributed by atoms with E-state index in [2.05, 4.69) is 17.6 Å². The Morgan fingerprint density at radius 1 is 1.41 bits per heavy atom. The molecule has 4 N–H and O–H groups in total. The summed E-state index contributed by atoms with van der Waals surface area (Å²) in [5.74, 6) is 0.0170. The van der Waals surface area contributed by atoms with Gasteiger partial charge in [0, 0.05) is 24.9 Å². The standard InChI is InChI=1S/C12H23N3O2/c1-9-8-10(5-7-14-9)12(17)15-6-3-2-4-11(13)16/h9-10,14H,2-8H2,1H3,(H2,13,16)(H,15,17). The number of nitrogens with two attached hydrogens (primary N) is 1. The van der Waals surface area contributed by atoms with Gasteiger partial charge < -0.3 is 16.4 Å². The molecule has 1 saturated heterocycles. The van der Waals surface area contributed by atoms with E-state index in [1.54, 1.807) is 0 Å². The predicted octanol–water partition coefficient (Wildman–Crippen LogP) is 0.146. The summed E-state index contributed by atoms with van der Waals surface area (Å²) in [6, 6.07) is 0.425. The van der Waals surface area contributed by atoms with Crippen LogP contribution in [0.2, 0.25) is 0 Å². The highest BCUT2D eigenvalue weighted by Gasteiger charge is 2.23. The van der Waals surface area contributed by atoms with Gasteiger partial charge in [-0.15, -0.1) is 0 Å². The van der Waals surface area contributed by atoms with Crippen LogP contribution in [0.3, 0.4) is 0 Å². The van der Waals surface area contributed by atoms with Crippen molar-refractivity contribution >= 4 is 11.8 Å². The molecule has 0 aromatic carbocycles. The quantitative estimate of drug-likeness (QED) is 0.579. The number of nitrogens with one attached hydrogen (secondary N) is 2. The molecule has 17 heavy (non-hydrogen) atoms. The summed E-state index contributed by atoms with van der Waals surface area (Å²) in [4.78, 5) is 22.3. The number of carbonyl (C=O) groups excluding carboxylic acids is 2. The third-order valence-electron chi connectivity index (χ3n) is 3.14. The summed E-state index contributed by atoms with van der Waals surface area (Å²) < 4.78 is 0. The van der Waals surface area contributed by atoms with E-state index in [-0.39, 0.29) is 17.7 Å². The largest absolute Gasteiger partial charge is 0.370 e. The van der Waals surface area contributed by atoms with Gasteiger partial charge in [-0.1, -0.05) is 0 Å². The number of hydrogen-bond donors (Lipinski definition) is 3. The van der Waals surface area contributed by atoms with Gasteiger partial charge in [0.05, 0.1) is 0 Å². The van der Waals surface area contributed by atoms with Crippen LogP contribution in [0.4, 0.5) is 0 Å². The molecule has 2 atom stereocenters. The summed E-state index contributed by atoms with van der Waals surface area (Å²) in [6.45, 7) is 3.66. The number of carbonyl (C=O) groups is 2. The molecule has 2 unspecified atom stereocenters. The number of piperidine rings is 1. The summed E-state index contributed by atoms with van der Waals surface area (Å²) in [5, 5.41) is 6.25. The van der Waals surface area contributed by atoms with Gasteiger partial charge in [0.25, 0.3) is 0 Å². The van der Waals surface area contributed by atoms with Gasteiger partial charge in [-0.05, 0) is 39.2 Å². The molecule has 0 bridgehead atoms. The molecular weight excluding hydrogens is 218 g/mol. The van der Waals surface area contributed by atoms with Crippen molar-refractivity contribution < 1.29 is 9.59 Å². The lowest BCUT2D eigenvalue weighted by molar-refractivity contribution is -0.126. The second kappa shape index (κ2) is 7.27. The SMILES string of the molecule is CC1CC(C(=O)NCCCCC(N)=O)CCN1. The zero-order chi connectivity index (χ0) is 12.7. The Hall–Kier alpha value is -1.10. The van der Waals surface area contributed by atoms with E-state index in [9.17, 15) is 9.59 Å². The minimum Gasteiger partial charge on any atom is -0.370 e. The topological polar surface area (TPSA) is 84.2 Å². The summed E-state index contributed by atoms with van der Waals surface area (Å²) >= 11 is 0. The fourth-order valence-corrected chi connectivity index (χ4v) is 2.15. The maximum atomic E-state index is 11.8. The van der Waals surface area contributed by atoms with E-state index >= 15 is 0 Å². The Balaban J connectivity index is 2.10. The fourth-order valence-electron chi connectivity index (χ4n) is 2.15. The van der Waals surface area contributed by atoms with Crippen molar-refractivity contribution in [3.8, 4) is 0 Å². The smallest absolute Gasteiger partial charge is 0.223 e. The number of unbranched alkanes of at least 4 members (excludes halogenated alkanes) is 1. The van der Waals surface area contributed by atoms with Gasteiger partial charge in [0.1, 0.15) is 0 Å². The van der Waals surface area contributed by atoms with E-state index < -0.39 is 0 Å². The Labute approximate surface area is 103 Å². The van der Waals surface area contributed by atoms with Crippen molar-refractivity contribution in [1.82, 2.24) is 10.6 Å². The first-order valence-electron chi connectivity index (χ1n) is 6.39. The predicted molar refractivity (Wildman–Crippen MR) is 66.2 cm³/mol. The van der Waals surface area contributed by atoms with Gasteiger partial charge in [0.15, 0.2) is 0 Å². The normalized spacial score (nSPS) is 24.3. The third-order valence-corrected chi connectivity index (χ3v) is 3.14. The molecule has 0 radical (unpaired) electrons. The van der Waals surface area contributed by atoms with E-state index in [4.69, 9.17) is 5.73 Å². The maximum absolute atomic E-state index is 11.8. The van der Waals surface area contributed by atoms with Crippen LogP contribution in [0.25, 0.3) is 0 Å². The molecule has 0 aliphatic carbocycles. The first-order chi connectivity index (χ1) is 8.09. The first kappa shape index (κ1) is 14.0. The average molecular weight is 241 g/mol. The molecule has 1 aliphatic rings. The van der Waals surface area contributed by atoms with Gasteiger partial charge in [-0.2, -0.15) is 0 Å². The van der Waals surface area contributed by atoms with Crippen molar-refractivity contribution in [2.75, 3.05) is 13.1 Å². The lowest BCUT2D eigenvalue weighted by Crippen LogP contribution is -2.42. The van der Waals surface area contributed by atoms with Crippen LogP contribution < -0.4 is 16.4 Å². The van der Waals surface area contributed by atoms with Gasteiger partial charge >= 0.3 is 0 Å². The van der Waals surface area contributed by atoms with Gasteiger partial charge in [-0.25, -0.2) is 0 Å². The van der Waals surface area contributed by atoms with Crippen LogP contribution in [-0.4, -0.2) is 30.9 Å². The molecule has 5 nitrogen and oxygen atoms in total. The molecule has 1 fully saturated rings. The van der Waals surface area contributed by atoms with Crippen LogP contribution >= 0.6 is 0 Å². The van der Waals surface area contributed by atoms with Crippen LogP contribution in [0, 0.1) is 5.92 Å². The average Bonchev–Trinajstić information content (AvgIpc) is 2.28. The van der Waals surface area contributed by atoms with Crippen LogP contribution in [0.5, 0.6) is 0 Å². The molecule has 0 aromatic rings. The van der Waals surface area contributed by atoms with Crippen LogP contribution in [0.1, 0.15) is 39.0 Å². The lowest BCUT2D eigenvalue weighted by Gasteiger charge is -2.27. The van der Waals surface area contributed by atoms with Gasteiger partial charge in [-0.3, -0.25) is 9.59 Å². The molecular formula is C12H23N3O2. The van der Waals surface area contributed by atoms with E-state index in [1.807, 2.05) is 0 Å². The van der Waals surface area contributed by atoms with Crippen LogP contribution in [0.15, 0.2) is 0 Å². The highest BCUT2D eigenvalue weighted by molar-refractivity contribution is 5.78. The Bertz CT molecular complexity index is 268. The molecule has 0 spiro atoms. The van der Waals surface area contributed by atoms with Crippen molar-refractivity contribution in [3.63, 3.8) is 0 Å². The molecule has 0 aromatic heterocycles. The molecule has 2 amide bonds. The molecule has 1 rings (SSSR count). The van der Waals surface area contributed by atoms with E-state index in [1.165, 1.54) is 0 Å². The number of primary amides is 1. The molecule has 98 valence electrons. The molecule has 0 saturated carbocycles. The fraction of sp³-hybridized carbons (Fsp3) is 0.833. The van der Waals surface area contributed by atoms with Crippen molar-refractivity contribution in [1.29, 1.82) is 0 Å². The summed E-state index contributed by atoms with van der Waals surface area (Å²) in [6.07, 6.45) is 3.79. The Morgan fingerprint density at radius 2 is 2.18 bits per heavy atom. The number of amides is 2. The zero-order valence-corrected chi connectivity index (χ0v) is 10.5. The maximum Gasteiger partial charge on any atom is 0.223 e. The summed E-state index contributed by atoms with van der Waals surface area (Å²) in [5.41, 5.74) is 5.03. The summed E-state index contributed by atoms with van der Waals surface area (Å²) in [7, 11) is 0. The van der Waals surface area contributed by atoms with E-state index in [0.29, 0.717) is 19.0 Å². The van der Waals surface area contributed by atoms with Crippen molar-refractivity contribution in [2.45, 2.75) is 45.1 Å². The zero-order valence-electron chi connectivity index (χ0n) is 10.5. The monoisotopic (exact) mass is 241 g/mol. The first-order valence-corrected chi connectivity index (χ1v) is 6.39. The minimum atomic E-state index is -0.275. The second-order valence-electron chi connectivity index (χ2n) is 4.79. The second-order valence-corrected chi connectivity index (χ2v) is 4.79.